The van der Waals surface area contributed by atoms with Crippen LogP contribution in [0.25, 0.3) is 0 Å². The number of halogens is 1. The summed E-state index contributed by atoms with van der Waals surface area (Å²) in [7, 11) is 1.76. The van der Waals surface area contributed by atoms with Crippen LogP contribution in [-0.4, -0.2) is 20.6 Å². The molecule has 5 nitrogen and oxygen atoms in total. The van der Waals surface area contributed by atoms with Gasteiger partial charge in [-0.15, -0.1) is 0 Å². The second kappa shape index (κ2) is 2.91. The molecular formula is C5H7BrN4O. The van der Waals surface area contributed by atoms with E-state index in [4.69, 9.17) is 10.9 Å². The Balaban J connectivity index is 3.21. The minimum atomic E-state index is 0.0388. The second-order valence-corrected chi connectivity index (χ2v) is 2.73. The Kier molecular flexibility index (Phi) is 2.13. The molecule has 0 radical (unpaired) electrons. The summed E-state index contributed by atoms with van der Waals surface area (Å²) in [6.07, 6.45) is 1.57. The number of aryl methyl sites for hydroxylation is 1. The van der Waals surface area contributed by atoms with Crippen LogP contribution in [0.15, 0.2) is 16.1 Å². The summed E-state index contributed by atoms with van der Waals surface area (Å²) in [6.45, 7) is 0. The van der Waals surface area contributed by atoms with Crippen LogP contribution >= 0.6 is 15.9 Å². The summed E-state index contributed by atoms with van der Waals surface area (Å²) in [5.41, 5.74) is 5.91. The first-order valence-corrected chi connectivity index (χ1v) is 3.61. The number of imidazole rings is 1. The van der Waals surface area contributed by atoms with Crippen molar-refractivity contribution in [3.8, 4) is 0 Å². The summed E-state index contributed by atoms with van der Waals surface area (Å²) in [6, 6.07) is 0. The maximum absolute atomic E-state index is 8.36. The SMILES string of the molecule is Cn1cnc(Br)c1C(N)=NO. The van der Waals surface area contributed by atoms with Crippen molar-refractivity contribution >= 4 is 21.8 Å². The third-order valence-electron chi connectivity index (χ3n) is 1.24. The van der Waals surface area contributed by atoms with Gasteiger partial charge in [0.1, 0.15) is 10.3 Å². The molecule has 0 fully saturated rings. The number of nitrogens with zero attached hydrogens (tertiary/aromatic N) is 3. The minimum Gasteiger partial charge on any atom is -0.409 e. The van der Waals surface area contributed by atoms with E-state index < -0.39 is 0 Å². The van der Waals surface area contributed by atoms with E-state index >= 15 is 0 Å². The van der Waals surface area contributed by atoms with Gasteiger partial charge in [-0.3, -0.25) is 0 Å². The van der Waals surface area contributed by atoms with E-state index in [0.717, 1.165) is 0 Å². The molecule has 0 atom stereocenters. The Hall–Kier alpha value is -1.04. The molecule has 0 unspecified atom stereocenters. The van der Waals surface area contributed by atoms with E-state index in [-0.39, 0.29) is 5.84 Å². The zero-order valence-electron chi connectivity index (χ0n) is 5.82. The van der Waals surface area contributed by atoms with Gasteiger partial charge in [0, 0.05) is 7.05 Å². The third-order valence-corrected chi connectivity index (χ3v) is 1.82. The van der Waals surface area contributed by atoms with Crippen LogP contribution in [0.1, 0.15) is 5.69 Å². The predicted molar refractivity (Wildman–Crippen MR) is 43.4 cm³/mol. The average Bonchev–Trinajstić information content (AvgIpc) is 2.30. The lowest BCUT2D eigenvalue weighted by atomic mass is 10.4. The van der Waals surface area contributed by atoms with Crippen molar-refractivity contribution in [3.05, 3.63) is 16.6 Å². The Bertz CT molecular complexity index is 273. The number of hydrogen-bond acceptors (Lipinski definition) is 3. The number of hydrogen-bond donors (Lipinski definition) is 2. The lowest BCUT2D eigenvalue weighted by Crippen LogP contribution is -2.17. The highest BCUT2D eigenvalue weighted by Crippen LogP contribution is 2.12. The Morgan fingerprint density at radius 1 is 1.91 bits per heavy atom. The first-order chi connectivity index (χ1) is 5.16. The smallest absolute Gasteiger partial charge is 0.189 e. The monoisotopic (exact) mass is 218 g/mol. The van der Waals surface area contributed by atoms with Crippen molar-refractivity contribution in [2.24, 2.45) is 17.9 Å². The van der Waals surface area contributed by atoms with Gasteiger partial charge in [-0.25, -0.2) is 4.98 Å². The maximum atomic E-state index is 8.36. The highest BCUT2D eigenvalue weighted by molar-refractivity contribution is 9.10. The van der Waals surface area contributed by atoms with Crippen LogP contribution in [0.2, 0.25) is 0 Å². The quantitative estimate of drug-likeness (QED) is 0.308. The Morgan fingerprint density at radius 3 is 2.91 bits per heavy atom. The van der Waals surface area contributed by atoms with Crippen LogP contribution in [0.3, 0.4) is 0 Å². The topological polar surface area (TPSA) is 76.4 Å². The lowest BCUT2D eigenvalue weighted by molar-refractivity contribution is 0.318. The van der Waals surface area contributed by atoms with Crippen LogP contribution in [0, 0.1) is 0 Å². The molecule has 0 saturated heterocycles. The Labute approximate surface area is 71.7 Å². The third kappa shape index (κ3) is 1.35. The highest BCUT2D eigenvalue weighted by atomic mass is 79.9. The molecule has 1 aromatic heterocycles. The molecule has 0 bridgehead atoms. The molecule has 0 aliphatic heterocycles. The van der Waals surface area contributed by atoms with E-state index in [0.29, 0.717) is 10.3 Å². The van der Waals surface area contributed by atoms with Crippen LogP contribution < -0.4 is 5.73 Å². The molecule has 0 aromatic carbocycles. The van der Waals surface area contributed by atoms with Gasteiger partial charge in [-0.2, -0.15) is 0 Å². The molecule has 3 N–H and O–H groups in total. The molecule has 6 heteroatoms. The van der Waals surface area contributed by atoms with Gasteiger partial charge in [0.2, 0.25) is 0 Å². The first-order valence-electron chi connectivity index (χ1n) is 2.81. The fraction of sp³-hybridized carbons (Fsp3) is 0.200. The zero-order chi connectivity index (χ0) is 8.43. The largest absolute Gasteiger partial charge is 0.409 e. The molecule has 11 heavy (non-hydrogen) atoms. The van der Waals surface area contributed by atoms with Gasteiger partial charge in [0.05, 0.1) is 6.33 Å². The van der Waals surface area contributed by atoms with Crippen molar-refractivity contribution in [1.29, 1.82) is 0 Å². The summed E-state index contributed by atoms with van der Waals surface area (Å²) < 4.78 is 2.22. The number of nitrogens with two attached hydrogens (primary N) is 1. The number of oxime groups is 1. The van der Waals surface area contributed by atoms with Gasteiger partial charge in [0.15, 0.2) is 5.84 Å². The summed E-state index contributed by atoms with van der Waals surface area (Å²) >= 11 is 3.15. The van der Waals surface area contributed by atoms with E-state index in [9.17, 15) is 0 Å². The molecule has 0 aliphatic carbocycles. The van der Waals surface area contributed by atoms with Crippen LogP contribution in [0.5, 0.6) is 0 Å². The van der Waals surface area contributed by atoms with E-state index in [2.05, 4.69) is 26.1 Å². The maximum Gasteiger partial charge on any atom is 0.189 e. The normalized spacial score (nSPS) is 12.0. The molecule has 1 aromatic rings. The Morgan fingerprint density at radius 2 is 2.55 bits per heavy atom. The van der Waals surface area contributed by atoms with Crippen LogP contribution in [0.4, 0.5) is 0 Å². The molecule has 60 valence electrons. The average molecular weight is 219 g/mol. The molecule has 0 amide bonds. The highest BCUT2D eigenvalue weighted by Gasteiger charge is 2.09. The molecular weight excluding hydrogens is 212 g/mol. The molecule has 1 rings (SSSR count). The summed E-state index contributed by atoms with van der Waals surface area (Å²) in [4.78, 5) is 3.89. The number of aromatic nitrogens is 2. The molecule has 0 saturated carbocycles. The zero-order valence-corrected chi connectivity index (χ0v) is 7.41. The van der Waals surface area contributed by atoms with Gasteiger partial charge >= 0.3 is 0 Å². The van der Waals surface area contributed by atoms with Gasteiger partial charge < -0.3 is 15.5 Å². The summed E-state index contributed by atoms with van der Waals surface area (Å²) in [5.74, 6) is 0.0388. The fourth-order valence-electron chi connectivity index (χ4n) is 0.735. The van der Waals surface area contributed by atoms with Gasteiger partial charge in [-0.1, -0.05) is 5.16 Å². The van der Waals surface area contributed by atoms with Crippen molar-refractivity contribution in [2.75, 3.05) is 0 Å². The second-order valence-electron chi connectivity index (χ2n) is 1.98. The number of rotatable bonds is 1. The van der Waals surface area contributed by atoms with Gasteiger partial charge in [0.25, 0.3) is 0 Å². The standard InChI is InChI=1S/C5H7BrN4O/c1-10-2-8-4(6)3(10)5(7)9-11/h2,11H,1H3,(H2,7,9). The van der Waals surface area contributed by atoms with Crippen LogP contribution in [-0.2, 0) is 7.05 Å². The minimum absolute atomic E-state index is 0.0388. The molecule has 0 spiro atoms. The van der Waals surface area contributed by atoms with Gasteiger partial charge in [-0.05, 0) is 15.9 Å². The van der Waals surface area contributed by atoms with Crippen molar-refractivity contribution in [3.63, 3.8) is 0 Å². The lowest BCUT2D eigenvalue weighted by Gasteiger charge is -1.98. The fourth-order valence-corrected chi connectivity index (χ4v) is 1.31. The van der Waals surface area contributed by atoms with E-state index in [1.807, 2.05) is 0 Å². The molecule has 0 aliphatic rings. The van der Waals surface area contributed by atoms with E-state index in [1.54, 1.807) is 17.9 Å². The summed E-state index contributed by atoms with van der Waals surface area (Å²) in [5, 5.41) is 11.2. The number of amidine groups is 1. The van der Waals surface area contributed by atoms with Crippen molar-refractivity contribution in [2.45, 2.75) is 0 Å². The predicted octanol–water partition coefficient (Wildman–Crippen LogP) is 0.277. The van der Waals surface area contributed by atoms with Crippen molar-refractivity contribution < 1.29 is 5.21 Å². The molecule has 1 heterocycles. The van der Waals surface area contributed by atoms with E-state index in [1.165, 1.54) is 0 Å². The first kappa shape index (κ1) is 8.06. The van der Waals surface area contributed by atoms with Crippen molar-refractivity contribution in [1.82, 2.24) is 9.55 Å².